The second-order valence-corrected chi connectivity index (χ2v) is 8.72. The molecule has 1 heterocycles. The Morgan fingerprint density at radius 3 is 2.53 bits per heavy atom. The van der Waals surface area contributed by atoms with Crippen molar-refractivity contribution in [1.82, 2.24) is 15.6 Å². The number of oxazole rings is 1. The quantitative estimate of drug-likeness (QED) is 0.310. The number of rotatable bonds is 10. The van der Waals surface area contributed by atoms with Crippen molar-refractivity contribution in [3.8, 4) is 11.3 Å². The number of aromatic nitrogens is 1. The molecule has 186 valence electrons. The SMILES string of the molecule is CN(C)c1ccc2cc(C(=O)NC(CCCNC(=O)CF)c3ncc(-c4ccccc4)o3)ccc2c1. The van der Waals surface area contributed by atoms with Crippen LogP contribution in [0.5, 0.6) is 0 Å². The number of nitrogens with one attached hydrogen (secondary N) is 2. The topological polar surface area (TPSA) is 87.5 Å². The number of hydrogen-bond acceptors (Lipinski definition) is 5. The Kier molecular flexibility index (Phi) is 7.95. The van der Waals surface area contributed by atoms with Crippen molar-refractivity contribution in [2.45, 2.75) is 18.9 Å². The molecule has 1 atom stereocenters. The first-order valence-electron chi connectivity index (χ1n) is 11.8. The third kappa shape index (κ3) is 6.07. The molecule has 0 aliphatic heterocycles. The fourth-order valence-corrected chi connectivity index (χ4v) is 3.92. The van der Waals surface area contributed by atoms with Gasteiger partial charge in [-0.15, -0.1) is 0 Å². The Morgan fingerprint density at radius 1 is 1.03 bits per heavy atom. The largest absolute Gasteiger partial charge is 0.438 e. The van der Waals surface area contributed by atoms with E-state index in [2.05, 4.69) is 21.7 Å². The number of benzene rings is 3. The van der Waals surface area contributed by atoms with Gasteiger partial charge in [-0.1, -0.05) is 42.5 Å². The Morgan fingerprint density at radius 2 is 1.78 bits per heavy atom. The van der Waals surface area contributed by atoms with Crippen LogP contribution in [0.3, 0.4) is 0 Å². The van der Waals surface area contributed by atoms with Crippen molar-refractivity contribution in [3.63, 3.8) is 0 Å². The number of nitrogens with zero attached hydrogens (tertiary/aromatic N) is 2. The smallest absolute Gasteiger partial charge is 0.251 e. The van der Waals surface area contributed by atoms with E-state index in [-0.39, 0.29) is 12.5 Å². The monoisotopic (exact) mass is 488 g/mol. The molecule has 7 nitrogen and oxygen atoms in total. The molecular formula is C28H29FN4O3. The molecule has 0 bridgehead atoms. The molecule has 0 fully saturated rings. The predicted molar refractivity (Wildman–Crippen MR) is 139 cm³/mol. The lowest BCUT2D eigenvalue weighted by atomic mass is 10.0. The average molecular weight is 489 g/mol. The highest BCUT2D eigenvalue weighted by molar-refractivity contribution is 5.99. The Bertz CT molecular complexity index is 1340. The molecule has 0 saturated heterocycles. The maximum Gasteiger partial charge on any atom is 0.251 e. The van der Waals surface area contributed by atoms with E-state index in [1.807, 2.05) is 73.6 Å². The highest BCUT2D eigenvalue weighted by atomic mass is 19.1. The lowest BCUT2D eigenvalue weighted by molar-refractivity contribution is -0.121. The number of hydrogen-bond donors (Lipinski definition) is 2. The average Bonchev–Trinajstić information content (AvgIpc) is 3.40. The van der Waals surface area contributed by atoms with Crippen LogP contribution < -0.4 is 15.5 Å². The zero-order valence-corrected chi connectivity index (χ0v) is 20.3. The van der Waals surface area contributed by atoms with Gasteiger partial charge in [0.05, 0.1) is 6.20 Å². The summed E-state index contributed by atoms with van der Waals surface area (Å²) in [7, 11) is 3.97. The number of carbonyl (C=O) groups excluding carboxylic acids is 2. The Balaban J connectivity index is 1.53. The molecule has 4 rings (SSSR count). The van der Waals surface area contributed by atoms with Crippen molar-refractivity contribution in [3.05, 3.63) is 84.4 Å². The fourth-order valence-electron chi connectivity index (χ4n) is 3.92. The van der Waals surface area contributed by atoms with Crippen LogP contribution in [0, 0.1) is 0 Å². The fraction of sp³-hybridized carbons (Fsp3) is 0.250. The van der Waals surface area contributed by atoms with Gasteiger partial charge in [-0.25, -0.2) is 9.37 Å². The number of amides is 2. The van der Waals surface area contributed by atoms with Gasteiger partial charge in [0, 0.05) is 37.5 Å². The zero-order chi connectivity index (χ0) is 25.5. The maximum absolute atomic E-state index is 13.2. The zero-order valence-electron chi connectivity index (χ0n) is 20.3. The molecule has 2 amide bonds. The minimum atomic E-state index is -1.06. The van der Waals surface area contributed by atoms with E-state index in [9.17, 15) is 14.0 Å². The van der Waals surface area contributed by atoms with Crippen LogP contribution in [0.15, 0.2) is 77.3 Å². The summed E-state index contributed by atoms with van der Waals surface area (Å²) in [6.45, 7) is -0.774. The van der Waals surface area contributed by atoms with Gasteiger partial charge in [-0.05, 0) is 47.9 Å². The standard InChI is InChI=1S/C28H29FN4O3/c1-33(2)23-13-12-20-15-22(11-10-21(20)16-23)27(35)32-24(9-6-14-30-26(34)17-29)28-31-18-25(36-28)19-7-4-3-5-8-19/h3-5,7-8,10-13,15-16,18,24H,6,9,14,17H2,1-2H3,(H,30,34)(H,32,35). The Hall–Kier alpha value is -4.20. The molecule has 4 aromatic rings. The van der Waals surface area contributed by atoms with Crippen molar-refractivity contribution in [2.75, 3.05) is 32.2 Å². The van der Waals surface area contributed by atoms with Crippen LogP contribution in [0.2, 0.25) is 0 Å². The number of anilines is 1. The molecule has 0 spiro atoms. The lowest BCUT2D eigenvalue weighted by Gasteiger charge is -2.17. The summed E-state index contributed by atoms with van der Waals surface area (Å²) >= 11 is 0. The third-order valence-electron chi connectivity index (χ3n) is 5.90. The summed E-state index contributed by atoms with van der Waals surface area (Å²) in [6, 6.07) is 20.7. The third-order valence-corrected chi connectivity index (χ3v) is 5.90. The van der Waals surface area contributed by atoms with E-state index in [1.165, 1.54) is 0 Å². The predicted octanol–water partition coefficient (Wildman–Crippen LogP) is 4.90. The van der Waals surface area contributed by atoms with E-state index < -0.39 is 18.6 Å². The van der Waals surface area contributed by atoms with E-state index >= 15 is 0 Å². The molecule has 1 aromatic heterocycles. The van der Waals surface area contributed by atoms with Gasteiger partial charge in [0.15, 0.2) is 12.4 Å². The molecule has 0 aliphatic rings. The van der Waals surface area contributed by atoms with E-state index in [0.717, 1.165) is 22.0 Å². The van der Waals surface area contributed by atoms with E-state index in [0.29, 0.717) is 30.1 Å². The van der Waals surface area contributed by atoms with Gasteiger partial charge in [0.2, 0.25) is 5.89 Å². The second kappa shape index (κ2) is 11.5. The minimum absolute atomic E-state index is 0.258. The van der Waals surface area contributed by atoms with Crippen LogP contribution in [0.25, 0.3) is 22.1 Å². The maximum atomic E-state index is 13.2. The van der Waals surface area contributed by atoms with Gasteiger partial charge in [-0.2, -0.15) is 0 Å². The summed E-state index contributed by atoms with van der Waals surface area (Å²) in [5.74, 6) is 0.0471. The van der Waals surface area contributed by atoms with Crippen LogP contribution >= 0.6 is 0 Å². The molecule has 0 aliphatic carbocycles. The highest BCUT2D eigenvalue weighted by Crippen LogP contribution is 2.26. The molecule has 1 unspecified atom stereocenters. The van der Waals surface area contributed by atoms with Crippen molar-refractivity contribution >= 4 is 28.3 Å². The molecule has 0 saturated carbocycles. The van der Waals surface area contributed by atoms with E-state index in [1.54, 1.807) is 12.3 Å². The summed E-state index contributed by atoms with van der Waals surface area (Å²) in [4.78, 5) is 30.9. The minimum Gasteiger partial charge on any atom is -0.438 e. The molecule has 0 radical (unpaired) electrons. The molecular weight excluding hydrogens is 459 g/mol. The van der Waals surface area contributed by atoms with Gasteiger partial charge < -0.3 is 20.0 Å². The van der Waals surface area contributed by atoms with Gasteiger partial charge in [-0.3, -0.25) is 9.59 Å². The summed E-state index contributed by atoms with van der Waals surface area (Å²) in [5, 5.41) is 7.53. The van der Waals surface area contributed by atoms with E-state index in [4.69, 9.17) is 4.42 Å². The molecule has 36 heavy (non-hydrogen) atoms. The van der Waals surface area contributed by atoms with Crippen LogP contribution in [0.1, 0.15) is 35.1 Å². The number of halogens is 1. The van der Waals surface area contributed by atoms with Gasteiger partial charge in [0.25, 0.3) is 11.8 Å². The number of fused-ring (bicyclic) bond motifs is 1. The van der Waals surface area contributed by atoms with Gasteiger partial charge in [0.1, 0.15) is 6.04 Å². The van der Waals surface area contributed by atoms with Crippen molar-refractivity contribution < 1.29 is 18.4 Å². The van der Waals surface area contributed by atoms with Crippen LogP contribution in [0.4, 0.5) is 10.1 Å². The number of carbonyl (C=O) groups is 2. The second-order valence-electron chi connectivity index (χ2n) is 8.72. The van der Waals surface area contributed by atoms with Crippen LogP contribution in [-0.2, 0) is 4.79 Å². The molecule has 2 N–H and O–H groups in total. The molecule has 3 aromatic carbocycles. The summed E-state index contributed by atoms with van der Waals surface area (Å²) < 4.78 is 18.4. The number of alkyl halides is 1. The Labute approximate surface area is 209 Å². The van der Waals surface area contributed by atoms with Crippen molar-refractivity contribution in [2.24, 2.45) is 0 Å². The highest BCUT2D eigenvalue weighted by Gasteiger charge is 2.21. The normalized spacial score (nSPS) is 11.8. The molecule has 8 heteroatoms. The van der Waals surface area contributed by atoms with Crippen LogP contribution in [-0.4, -0.2) is 44.1 Å². The lowest BCUT2D eigenvalue weighted by Crippen LogP contribution is -2.30. The van der Waals surface area contributed by atoms with Gasteiger partial charge >= 0.3 is 0 Å². The summed E-state index contributed by atoms with van der Waals surface area (Å²) in [5.41, 5.74) is 2.48. The summed E-state index contributed by atoms with van der Waals surface area (Å²) in [6.07, 6.45) is 2.59. The first-order chi connectivity index (χ1) is 17.4. The first-order valence-corrected chi connectivity index (χ1v) is 11.8. The van der Waals surface area contributed by atoms with Crippen molar-refractivity contribution in [1.29, 1.82) is 0 Å². The first kappa shape index (κ1) is 24.9.